The van der Waals surface area contributed by atoms with Gasteiger partial charge in [0.25, 0.3) is 0 Å². The summed E-state index contributed by atoms with van der Waals surface area (Å²) < 4.78 is 0. The first-order chi connectivity index (χ1) is 13.8. The molecule has 2 amide bonds. The Morgan fingerprint density at radius 3 is 2.48 bits per heavy atom. The van der Waals surface area contributed by atoms with Crippen LogP contribution in [0.25, 0.3) is 0 Å². The number of para-hydroxylation sites is 2. The average molecular weight is 389 g/mol. The van der Waals surface area contributed by atoms with E-state index in [0.717, 1.165) is 34.6 Å². The maximum atomic E-state index is 13.4. The number of allylic oxidation sites excluding steroid dienone is 1. The second-order valence-electron chi connectivity index (χ2n) is 8.71. The Morgan fingerprint density at radius 1 is 1.10 bits per heavy atom. The van der Waals surface area contributed by atoms with Crippen LogP contribution < -0.4 is 15.5 Å². The summed E-state index contributed by atoms with van der Waals surface area (Å²) in [5.41, 5.74) is 5.14. The van der Waals surface area contributed by atoms with Crippen molar-refractivity contribution >= 4 is 23.2 Å². The quantitative estimate of drug-likeness (QED) is 0.725. The fraction of sp³-hybridized carbons (Fsp3) is 0.333. The van der Waals surface area contributed by atoms with E-state index in [1.807, 2.05) is 55.5 Å². The second-order valence-corrected chi connectivity index (χ2v) is 8.71. The number of benzene rings is 2. The Morgan fingerprint density at radius 2 is 1.79 bits per heavy atom. The van der Waals surface area contributed by atoms with Crippen molar-refractivity contribution in [2.24, 2.45) is 5.41 Å². The molecule has 5 nitrogen and oxygen atoms in total. The monoisotopic (exact) mass is 389 g/mol. The Balaban J connectivity index is 2.00. The van der Waals surface area contributed by atoms with E-state index < -0.39 is 6.04 Å². The first-order valence-electron chi connectivity index (χ1n) is 10.0. The molecule has 29 heavy (non-hydrogen) atoms. The highest BCUT2D eigenvalue weighted by Gasteiger charge is 2.43. The van der Waals surface area contributed by atoms with Crippen LogP contribution in [0.3, 0.4) is 0 Å². The number of anilines is 2. The Hall–Kier alpha value is -3.08. The molecule has 0 fully saturated rings. The normalized spacial score (nSPS) is 20.3. The predicted molar refractivity (Wildman–Crippen MR) is 116 cm³/mol. The number of hydrogen-bond acceptors (Lipinski definition) is 3. The Kier molecular flexibility index (Phi) is 4.69. The van der Waals surface area contributed by atoms with Gasteiger partial charge in [0.1, 0.15) is 0 Å². The third-order valence-electron chi connectivity index (χ3n) is 5.73. The van der Waals surface area contributed by atoms with Crippen molar-refractivity contribution < 1.29 is 9.59 Å². The number of carbonyl (C=O) groups is 2. The van der Waals surface area contributed by atoms with Crippen molar-refractivity contribution in [2.75, 3.05) is 17.3 Å². The molecule has 0 spiro atoms. The highest BCUT2D eigenvalue weighted by molar-refractivity contribution is 6.05. The lowest BCUT2D eigenvalue weighted by Gasteiger charge is -2.37. The van der Waals surface area contributed by atoms with Crippen molar-refractivity contribution in [1.29, 1.82) is 0 Å². The van der Waals surface area contributed by atoms with E-state index in [-0.39, 0.29) is 17.2 Å². The summed E-state index contributed by atoms with van der Waals surface area (Å²) in [6, 6.07) is 15.1. The fourth-order valence-corrected chi connectivity index (χ4v) is 4.40. The molecule has 150 valence electrons. The molecule has 0 bridgehead atoms. The van der Waals surface area contributed by atoms with Gasteiger partial charge in [0, 0.05) is 24.7 Å². The number of rotatable bonds is 1. The molecule has 5 heteroatoms. The molecule has 2 aliphatic rings. The lowest BCUT2D eigenvalue weighted by Crippen LogP contribution is -2.43. The topological polar surface area (TPSA) is 61.4 Å². The molecule has 0 radical (unpaired) electrons. The summed E-state index contributed by atoms with van der Waals surface area (Å²) in [7, 11) is 1.62. The zero-order valence-electron chi connectivity index (χ0n) is 17.4. The smallest absolute Gasteiger partial charge is 0.322 e. The van der Waals surface area contributed by atoms with Crippen molar-refractivity contribution in [3.8, 4) is 0 Å². The molecule has 1 aliphatic heterocycles. The zero-order chi connectivity index (χ0) is 20.8. The molecular formula is C24H27N3O2. The minimum atomic E-state index is -0.481. The summed E-state index contributed by atoms with van der Waals surface area (Å²) in [6.45, 7) is 6.26. The largest absolute Gasteiger partial charge is 0.357 e. The Labute approximate surface area is 171 Å². The number of Topliss-reactive ketones (excluding diaryl/α,β-unsaturated/α-hetero) is 1. The molecule has 2 aromatic carbocycles. The number of aryl methyl sites for hydroxylation is 1. The first-order valence-corrected chi connectivity index (χ1v) is 10.0. The van der Waals surface area contributed by atoms with Crippen molar-refractivity contribution in [3.05, 3.63) is 70.9 Å². The number of nitrogens with zero attached hydrogens (tertiary/aromatic N) is 1. The average Bonchev–Trinajstić information content (AvgIpc) is 2.81. The Bertz CT molecular complexity index is 1010. The number of ketones is 1. The van der Waals surface area contributed by atoms with Gasteiger partial charge < -0.3 is 10.6 Å². The van der Waals surface area contributed by atoms with Crippen LogP contribution in [0.1, 0.15) is 43.9 Å². The van der Waals surface area contributed by atoms with Crippen LogP contribution in [-0.2, 0) is 4.79 Å². The summed E-state index contributed by atoms with van der Waals surface area (Å²) in [4.78, 5) is 28.2. The van der Waals surface area contributed by atoms with Crippen LogP contribution in [0.15, 0.2) is 59.8 Å². The molecule has 1 aliphatic carbocycles. The third kappa shape index (κ3) is 3.41. The number of urea groups is 1. The van der Waals surface area contributed by atoms with E-state index in [0.29, 0.717) is 12.0 Å². The van der Waals surface area contributed by atoms with Crippen LogP contribution in [0.2, 0.25) is 0 Å². The van der Waals surface area contributed by atoms with Crippen molar-refractivity contribution in [3.63, 3.8) is 0 Å². The lowest BCUT2D eigenvalue weighted by atomic mass is 9.73. The zero-order valence-corrected chi connectivity index (χ0v) is 17.4. The molecule has 2 N–H and O–H groups in total. The van der Waals surface area contributed by atoms with Gasteiger partial charge in [0.15, 0.2) is 5.78 Å². The van der Waals surface area contributed by atoms with Gasteiger partial charge in [-0.3, -0.25) is 9.69 Å². The number of hydrogen-bond donors (Lipinski definition) is 2. The van der Waals surface area contributed by atoms with Gasteiger partial charge in [-0.25, -0.2) is 4.79 Å². The summed E-state index contributed by atoms with van der Waals surface area (Å²) in [5.74, 6) is 0.0936. The summed E-state index contributed by atoms with van der Waals surface area (Å²) in [6.07, 6.45) is 1.22. The number of nitrogens with one attached hydrogen (secondary N) is 2. The first kappa shape index (κ1) is 19.2. The number of amides is 2. The molecule has 4 rings (SSSR count). The van der Waals surface area contributed by atoms with Gasteiger partial charge in [0.05, 0.1) is 17.4 Å². The van der Waals surface area contributed by atoms with Gasteiger partial charge in [-0.1, -0.05) is 55.8 Å². The van der Waals surface area contributed by atoms with Crippen LogP contribution in [0.4, 0.5) is 16.2 Å². The molecule has 0 aromatic heterocycles. The van der Waals surface area contributed by atoms with Crippen LogP contribution in [-0.4, -0.2) is 18.9 Å². The molecule has 0 saturated heterocycles. The standard InChI is InChI=1S/C24H27N3O2/c1-15-9-11-16(12-10-15)22-21-18(13-24(2,3)14-20(21)28)26-17-7-5-6-8-19(17)27(22)23(29)25-4/h5-12,22,26H,13-14H2,1-4H3,(H,25,29)/t22-/m0/s1. The van der Waals surface area contributed by atoms with Gasteiger partial charge in [-0.15, -0.1) is 0 Å². The highest BCUT2D eigenvalue weighted by atomic mass is 16.2. The SMILES string of the molecule is CNC(=O)N1c2ccccc2NC2=C(C(=O)CC(C)(C)C2)[C@@H]1c1ccc(C)cc1. The van der Waals surface area contributed by atoms with E-state index in [4.69, 9.17) is 0 Å². The van der Waals surface area contributed by atoms with E-state index in [2.05, 4.69) is 24.5 Å². The molecule has 1 heterocycles. The molecule has 0 saturated carbocycles. The molecule has 2 aromatic rings. The maximum absolute atomic E-state index is 13.4. The minimum Gasteiger partial charge on any atom is -0.357 e. The molecule has 0 unspecified atom stereocenters. The van der Waals surface area contributed by atoms with Gasteiger partial charge in [-0.05, 0) is 36.5 Å². The van der Waals surface area contributed by atoms with Crippen molar-refractivity contribution in [1.82, 2.24) is 5.32 Å². The highest BCUT2D eigenvalue weighted by Crippen LogP contribution is 2.48. The second kappa shape index (κ2) is 7.07. The molecular weight excluding hydrogens is 362 g/mol. The van der Waals surface area contributed by atoms with E-state index >= 15 is 0 Å². The summed E-state index contributed by atoms with van der Waals surface area (Å²) in [5, 5.41) is 6.27. The summed E-state index contributed by atoms with van der Waals surface area (Å²) >= 11 is 0. The van der Waals surface area contributed by atoms with E-state index in [1.165, 1.54) is 0 Å². The number of carbonyl (C=O) groups excluding carboxylic acids is 2. The minimum absolute atomic E-state index is 0.0936. The van der Waals surface area contributed by atoms with Crippen LogP contribution in [0.5, 0.6) is 0 Å². The van der Waals surface area contributed by atoms with Gasteiger partial charge in [0.2, 0.25) is 0 Å². The predicted octanol–water partition coefficient (Wildman–Crippen LogP) is 4.95. The van der Waals surface area contributed by atoms with Gasteiger partial charge >= 0.3 is 6.03 Å². The third-order valence-corrected chi connectivity index (χ3v) is 5.73. The maximum Gasteiger partial charge on any atom is 0.322 e. The number of fused-ring (bicyclic) bond motifs is 1. The van der Waals surface area contributed by atoms with Crippen molar-refractivity contribution in [2.45, 2.75) is 39.7 Å². The lowest BCUT2D eigenvalue weighted by molar-refractivity contribution is -0.118. The van der Waals surface area contributed by atoms with Crippen LogP contribution >= 0.6 is 0 Å². The van der Waals surface area contributed by atoms with E-state index in [1.54, 1.807) is 11.9 Å². The van der Waals surface area contributed by atoms with Gasteiger partial charge in [-0.2, -0.15) is 0 Å². The fourth-order valence-electron chi connectivity index (χ4n) is 4.40. The van der Waals surface area contributed by atoms with E-state index in [9.17, 15) is 9.59 Å². The molecule has 1 atom stereocenters. The van der Waals surface area contributed by atoms with Crippen LogP contribution in [0, 0.1) is 12.3 Å².